The Labute approximate surface area is 154 Å². The number of methoxy groups -OCH3 is 2. The summed E-state index contributed by atoms with van der Waals surface area (Å²) >= 11 is 0. The highest BCUT2D eigenvalue weighted by atomic mass is 16.5. The first kappa shape index (κ1) is 19.8. The van der Waals surface area contributed by atoms with E-state index in [1.54, 1.807) is 6.07 Å². The van der Waals surface area contributed by atoms with Crippen molar-refractivity contribution >= 4 is 18.0 Å². The smallest absolute Gasteiger partial charge is 0.342 e. The minimum atomic E-state index is -0.593. The van der Waals surface area contributed by atoms with Gasteiger partial charge in [-0.3, -0.25) is 4.79 Å². The number of nitrogens with zero attached hydrogens (tertiary/aromatic N) is 1. The van der Waals surface area contributed by atoms with E-state index in [1.165, 1.54) is 20.3 Å². The van der Waals surface area contributed by atoms with Crippen molar-refractivity contribution in [3.05, 3.63) is 29.3 Å². The van der Waals surface area contributed by atoms with Crippen molar-refractivity contribution in [2.24, 2.45) is 5.92 Å². The predicted molar refractivity (Wildman–Crippen MR) is 99.2 cm³/mol. The second-order valence-corrected chi connectivity index (χ2v) is 6.43. The van der Waals surface area contributed by atoms with Crippen molar-refractivity contribution in [1.82, 2.24) is 4.90 Å². The maximum absolute atomic E-state index is 12.0. The van der Waals surface area contributed by atoms with Gasteiger partial charge in [-0.25, -0.2) is 4.79 Å². The van der Waals surface area contributed by atoms with Gasteiger partial charge in [-0.2, -0.15) is 0 Å². The van der Waals surface area contributed by atoms with Crippen LogP contribution in [0, 0.1) is 5.92 Å². The van der Waals surface area contributed by atoms with E-state index < -0.39 is 5.97 Å². The lowest BCUT2D eigenvalue weighted by molar-refractivity contribution is -0.132. The summed E-state index contributed by atoms with van der Waals surface area (Å²) in [5.41, 5.74) is 0.679. The van der Waals surface area contributed by atoms with E-state index >= 15 is 0 Å². The highest BCUT2D eigenvalue weighted by Crippen LogP contribution is 2.30. The molecule has 0 spiro atoms. The molecule has 0 unspecified atom stereocenters. The zero-order chi connectivity index (χ0) is 19.1. The summed E-state index contributed by atoms with van der Waals surface area (Å²) < 4.78 is 9.94. The minimum Gasteiger partial charge on any atom is -0.507 e. The average Bonchev–Trinajstić information content (AvgIpc) is 2.65. The molecule has 0 bridgehead atoms. The summed E-state index contributed by atoms with van der Waals surface area (Å²) in [6, 6.07) is 3.09. The van der Waals surface area contributed by atoms with Gasteiger partial charge in [-0.05, 0) is 36.8 Å². The fraction of sp³-hybridized carbons (Fsp3) is 0.500. The quantitative estimate of drug-likeness (QED) is 0.787. The monoisotopic (exact) mass is 361 g/mol. The van der Waals surface area contributed by atoms with Crippen molar-refractivity contribution in [3.8, 4) is 11.5 Å². The van der Waals surface area contributed by atoms with Gasteiger partial charge in [0.2, 0.25) is 5.91 Å². The lowest BCUT2D eigenvalue weighted by atomic mass is 9.94. The minimum absolute atomic E-state index is 0.125. The van der Waals surface area contributed by atoms with Gasteiger partial charge in [-0.1, -0.05) is 19.1 Å². The van der Waals surface area contributed by atoms with Crippen LogP contribution in [0.15, 0.2) is 18.2 Å². The van der Waals surface area contributed by atoms with Gasteiger partial charge < -0.3 is 19.5 Å². The maximum atomic E-state index is 12.0. The normalized spacial score (nSPS) is 15.3. The Morgan fingerprint density at radius 3 is 2.54 bits per heavy atom. The molecule has 142 valence electrons. The largest absolute Gasteiger partial charge is 0.507 e. The zero-order valence-corrected chi connectivity index (χ0v) is 15.7. The summed E-state index contributed by atoms with van der Waals surface area (Å²) in [5, 5.41) is 10.1. The van der Waals surface area contributed by atoms with Gasteiger partial charge in [0.05, 0.1) is 14.2 Å². The summed E-state index contributed by atoms with van der Waals surface area (Å²) in [7, 11) is 2.78. The van der Waals surface area contributed by atoms with Crippen LogP contribution in [0.4, 0.5) is 0 Å². The van der Waals surface area contributed by atoms with Crippen molar-refractivity contribution in [2.45, 2.75) is 32.6 Å². The Bertz CT molecular complexity index is 675. The average molecular weight is 361 g/mol. The summed E-state index contributed by atoms with van der Waals surface area (Å²) in [6.07, 6.45) is 7.09. The number of phenolic OH excluding ortho intramolecular Hbond substituents is 1. The second kappa shape index (κ2) is 9.27. The van der Waals surface area contributed by atoms with Gasteiger partial charge in [0.15, 0.2) is 0 Å². The van der Waals surface area contributed by atoms with Gasteiger partial charge >= 0.3 is 5.97 Å². The SMILES string of the molecule is CCCC(=O)N1CCC(/C=C/c2cc(OC)cc(O)c2C(=O)OC)CC1. The first-order valence-electron chi connectivity index (χ1n) is 8.95. The van der Waals surface area contributed by atoms with Crippen LogP contribution in [0.1, 0.15) is 48.5 Å². The number of hydrogen-bond donors (Lipinski definition) is 1. The third-order valence-electron chi connectivity index (χ3n) is 4.65. The van der Waals surface area contributed by atoms with Gasteiger partial charge in [-0.15, -0.1) is 0 Å². The molecular formula is C20H27NO5. The van der Waals surface area contributed by atoms with Crippen molar-refractivity contribution < 1.29 is 24.2 Å². The third kappa shape index (κ3) is 4.77. The van der Waals surface area contributed by atoms with Crippen LogP contribution < -0.4 is 4.74 Å². The van der Waals surface area contributed by atoms with Crippen LogP contribution in [-0.4, -0.2) is 49.2 Å². The number of amides is 1. The molecule has 1 amide bonds. The predicted octanol–water partition coefficient (Wildman–Crippen LogP) is 3.24. The van der Waals surface area contributed by atoms with Crippen LogP contribution in [0.5, 0.6) is 11.5 Å². The highest BCUT2D eigenvalue weighted by Gasteiger charge is 2.21. The molecular weight excluding hydrogens is 334 g/mol. The third-order valence-corrected chi connectivity index (χ3v) is 4.65. The number of aromatic hydroxyl groups is 1. The van der Waals surface area contributed by atoms with Crippen LogP contribution in [0.25, 0.3) is 6.08 Å². The van der Waals surface area contributed by atoms with Crippen molar-refractivity contribution in [3.63, 3.8) is 0 Å². The molecule has 0 atom stereocenters. The molecule has 0 aliphatic carbocycles. The molecule has 0 aromatic heterocycles. The Morgan fingerprint density at radius 2 is 1.96 bits per heavy atom. The molecule has 2 rings (SSSR count). The molecule has 1 fully saturated rings. The number of carbonyl (C=O) groups excluding carboxylic acids is 2. The van der Waals surface area contributed by atoms with Gasteiger partial charge in [0.25, 0.3) is 0 Å². The van der Waals surface area contributed by atoms with Crippen LogP contribution in [0.3, 0.4) is 0 Å². The molecule has 1 aromatic carbocycles. The fourth-order valence-corrected chi connectivity index (χ4v) is 3.15. The fourth-order valence-electron chi connectivity index (χ4n) is 3.15. The van der Waals surface area contributed by atoms with E-state index in [2.05, 4.69) is 0 Å². The van der Waals surface area contributed by atoms with Crippen molar-refractivity contribution in [1.29, 1.82) is 0 Å². The lowest BCUT2D eigenvalue weighted by Crippen LogP contribution is -2.37. The highest BCUT2D eigenvalue weighted by molar-refractivity contribution is 5.96. The van der Waals surface area contributed by atoms with E-state index in [0.717, 1.165) is 32.4 Å². The molecule has 1 saturated heterocycles. The summed E-state index contributed by atoms with van der Waals surface area (Å²) in [4.78, 5) is 25.9. The van der Waals surface area contributed by atoms with Crippen molar-refractivity contribution in [2.75, 3.05) is 27.3 Å². The van der Waals surface area contributed by atoms with E-state index in [4.69, 9.17) is 9.47 Å². The van der Waals surface area contributed by atoms with E-state index in [1.807, 2.05) is 24.0 Å². The van der Waals surface area contributed by atoms with Gasteiger partial charge in [0.1, 0.15) is 17.1 Å². The Hall–Kier alpha value is -2.50. The number of allylic oxidation sites excluding steroid dienone is 1. The first-order chi connectivity index (χ1) is 12.5. The lowest BCUT2D eigenvalue weighted by Gasteiger charge is -2.30. The molecule has 1 aliphatic rings. The summed E-state index contributed by atoms with van der Waals surface area (Å²) in [6.45, 7) is 3.51. The topological polar surface area (TPSA) is 76.1 Å². The number of phenols is 1. The summed E-state index contributed by atoms with van der Waals surface area (Å²) in [5.74, 6) is 0.246. The molecule has 1 N–H and O–H groups in total. The molecule has 6 nitrogen and oxygen atoms in total. The molecule has 1 aliphatic heterocycles. The standard InChI is InChI=1S/C20H27NO5/c1-4-5-18(23)21-10-8-14(9-11-21)6-7-15-12-16(25-2)13-17(22)19(15)20(24)26-3/h6-7,12-14,22H,4-5,8-11H2,1-3H3/b7-6+. The number of carbonyl (C=O) groups is 2. The molecule has 1 heterocycles. The van der Waals surface area contributed by atoms with Gasteiger partial charge in [0, 0.05) is 25.6 Å². The number of likely N-dealkylation sites (tertiary alicyclic amines) is 1. The Kier molecular flexibility index (Phi) is 7.06. The van der Waals surface area contributed by atoms with Crippen LogP contribution >= 0.6 is 0 Å². The zero-order valence-electron chi connectivity index (χ0n) is 15.7. The second-order valence-electron chi connectivity index (χ2n) is 6.43. The number of hydrogen-bond acceptors (Lipinski definition) is 5. The molecule has 1 aromatic rings. The number of rotatable bonds is 6. The van der Waals surface area contributed by atoms with E-state index in [0.29, 0.717) is 23.7 Å². The van der Waals surface area contributed by atoms with Crippen LogP contribution in [-0.2, 0) is 9.53 Å². The molecule has 26 heavy (non-hydrogen) atoms. The van der Waals surface area contributed by atoms with E-state index in [9.17, 15) is 14.7 Å². The number of piperidine rings is 1. The Balaban J connectivity index is 2.12. The number of benzene rings is 1. The first-order valence-corrected chi connectivity index (χ1v) is 8.95. The number of ether oxygens (including phenoxy) is 2. The molecule has 0 saturated carbocycles. The molecule has 6 heteroatoms. The van der Waals surface area contributed by atoms with Crippen LogP contribution in [0.2, 0.25) is 0 Å². The molecule has 0 radical (unpaired) electrons. The maximum Gasteiger partial charge on any atom is 0.342 e. The van der Waals surface area contributed by atoms with E-state index in [-0.39, 0.29) is 17.2 Å². The Morgan fingerprint density at radius 1 is 1.27 bits per heavy atom. The number of esters is 1.